The molecule has 0 bridgehead atoms. The summed E-state index contributed by atoms with van der Waals surface area (Å²) in [5.41, 5.74) is 6.61. The van der Waals surface area contributed by atoms with Gasteiger partial charge in [-0.15, -0.1) is 0 Å². The van der Waals surface area contributed by atoms with Gasteiger partial charge in [0.2, 0.25) is 33.8 Å². The van der Waals surface area contributed by atoms with Gasteiger partial charge in [-0.2, -0.15) is 5.10 Å². The van der Waals surface area contributed by atoms with Crippen LogP contribution in [0.15, 0.2) is 73.7 Å². The number of nitrogens with zero attached hydrogens (tertiary/aromatic N) is 7. The predicted octanol–water partition coefficient (Wildman–Crippen LogP) is 1.44. The van der Waals surface area contributed by atoms with Crippen molar-refractivity contribution < 1.29 is 41.8 Å². The number of hydrogen-bond acceptors (Lipinski definition) is 13. The van der Waals surface area contributed by atoms with E-state index in [0.29, 0.717) is 56.5 Å². The minimum absolute atomic E-state index is 0.0167. The van der Waals surface area contributed by atoms with E-state index in [4.69, 9.17) is 17.7 Å². The fourth-order valence-corrected chi connectivity index (χ4v) is 6.40. The number of hydrogen-bond donors (Lipinski definition) is 9. The number of carbonyl (C=O) groups is 1. The summed E-state index contributed by atoms with van der Waals surface area (Å²) in [6.45, 7) is 11.9. The second-order valence-corrected chi connectivity index (χ2v) is 14.3. The van der Waals surface area contributed by atoms with Crippen molar-refractivity contribution in [3.63, 3.8) is 0 Å². The SMILES string of the molecule is C=NC(=N/C=N\CNCC/C=C\NC1OC(CO)CCC1(F)F)N1CCN(Cc2ccc(-n3c(C4=C(O)CC(O)C(C(C)C)=C4)n[nH]c3=O)cc2)CC1.CO.NC=O.NI=O. The van der Waals surface area contributed by atoms with E-state index in [1.165, 1.54) is 17.1 Å². The number of aliphatic hydroxyl groups is 4. The van der Waals surface area contributed by atoms with E-state index in [2.05, 4.69) is 57.1 Å². The number of halogens is 3. The van der Waals surface area contributed by atoms with Gasteiger partial charge in [0.05, 0.1) is 36.7 Å². The number of amides is 1. The largest absolute Gasteiger partial charge is 0.511 e. The van der Waals surface area contributed by atoms with Crippen LogP contribution in [-0.2, 0) is 19.1 Å². The van der Waals surface area contributed by atoms with Gasteiger partial charge in [0.15, 0.2) is 12.1 Å². The van der Waals surface area contributed by atoms with E-state index in [0.717, 1.165) is 31.3 Å². The highest BCUT2D eigenvalue weighted by molar-refractivity contribution is 14.1. The average Bonchev–Trinajstić information content (AvgIpc) is 3.62. The van der Waals surface area contributed by atoms with Crippen molar-refractivity contribution in [2.75, 3.05) is 53.1 Å². The molecule has 1 aromatic carbocycles. The van der Waals surface area contributed by atoms with E-state index in [1.54, 1.807) is 12.2 Å². The minimum Gasteiger partial charge on any atom is -0.511 e. The number of allylic oxidation sites excluding steroid dienone is 2. The zero-order valence-electron chi connectivity index (χ0n) is 34.5. The second-order valence-electron chi connectivity index (χ2n) is 13.7. The first-order valence-electron chi connectivity index (χ1n) is 19.2. The highest BCUT2D eigenvalue weighted by Gasteiger charge is 2.45. The molecule has 1 amide bonds. The highest BCUT2D eigenvalue weighted by Crippen LogP contribution is 2.33. The number of aromatic nitrogens is 3. The van der Waals surface area contributed by atoms with Gasteiger partial charge in [-0.3, -0.25) is 23.1 Å². The third-order valence-corrected chi connectivity index (χ3v) is 9.40. The topological polar surface area (TPSA) is 295 Å². The molecule has 2 aromatic rings. The Morgan fingerprint density at radius 3 is 2.48 bits per heavy atom. The molecule has 23 heteroatoms. The zero-order chi connectivity index (χ0) is 45.4. The molecule has 3 heterocycles. The van der Waals surface area contributed by atoms with Gasteiger partial charge in [0.1, 0.15) is 12.1 Å². The number of nitrogens with one attached hydrogen (secondary N) is 3. The maximum atomic E-state index is 14.0. The van der Waals surface area contributed by atoms with Crippen LogP contribution in [-0.4, -0.2) is 148 Å². The number of benzene rings is 1. The number of aliphatic hydroxyl groups excluding tert-OH is 4. The van der Waals surface area contributed by atoms with Gasteiger partial charge < -0.3 is 41.1 Å². The summed E-state index contributed by atoms with van der Waals surface area (Å²) >= 11 is -1.16. The Morgan fingerprint density at radius 2 is 1.87 bits per heavy atom. The summed E-state index contributed by atoms with van der Waals surface area (Å²) < 4.78 is 47.9. The lowest BCUT2D eigenvalue weighted by atomic mass is 9.88. The number of alkyl halides is 2. The predicted molar refractivity (Wildman–Crippen MR) is 237 cm³/mol. The molecule has 0 saturated carbocycles. The van der Waals surface area contributed by atoms with E-state index in [9.17, 15) is 28.9 Å². The van der Waals surface area contributed by atoms with Crippen LogP contribution < -0.4 is 26.0 Å². The Morgan fingerprint density at radius 1 is 1.21 bits per heavy atom. The molecule has 61 heavy (non-hydrogen) atoms. The monoisotopic (exact) mass is 976 g/mol. The van der Waals surface area contributed by atoms with Crippen LogP contribution in [0.25, 0.3) is 11.3 Å². The fraction of sp³-hybridized carbons (Fsp3) is 0.526. The van der Waals surface area contributed by atoms with Crippen LogP contribution in [0.3, 0.4) is 0 Å². The van der Waals surface area contributed by atoms with Gasteiger partial charge in [-0.05, 0) is 61.0 Å². The molecule has 5 rings (SSSR count). The Hall–Kier alpha value is -4.63. The quantitative estimate of drug-likeness (QED) is 0.0324. The van der Waals surface area contributed by atoms with E-state index in [-0.39, 0.29) is 49.8 Å². The van der Waals surface area contributed by atoms with Gasteiger partial charge in [0.25, 0.3) is 5.92 Å². The lowest BCUT2D eigenvalue weighted by Crippen LogP contribution is -2.51. The molecule has 3 unspecified atom stereocenters. The molecule has 2 fully saturated rings. The summed E-state index contributed by atoms with van der Waals surface area (Å²) in [5.74, 6) is -2.17. The normalized spacial score (nSPS) is 20.6. The van der Waals surface area contributed by atoms with Crippen molar-refractivity contribution in [2.45, 2.75) is 70.4 Å². The van der Waals surface area contributed by atoms with Gasteiger partial charge in [-0.25, -0.2) is 37.2 Å². The van der Waals surface area contributed by atoms with Crippen LogP contribution in [0.4, 0.5) is 8.78 Å². The lowest BCUT2D eigenvalue weighted by Gasteiger charge is -2.35. The Bertz CT molecular complexity index is 1860. The van der Waals surface area contributed by atoms with Gasteiger partial charge in [-0.1, -0.05) is 32.1 Å². The number of aliphatic imine (C=N–C) groups is 3. The van der Waals surface area contributed by atoms with Crippen molar-refractivity contribution in [3.8, 4) is 5.69 Å². The number of aromatic amines is 1. The molecule has 11 N–H and O–H groups in total. The number of primary amides is 1. The molecule has 340 valence electrons. The number of guanidine groups is 1. The lowest BCUT2D eigenvalue weighted by molar-refractivity contribution is -0.212. The molecule has 1 aromatic heterocycles. The van der Waals surface area contributed by atoms with Crippen molar-refractivity contribution in [1.29, 1.82) is 0 Å². The first-order chi connectivity index (χ1) is 29.3. The smallest absolute Gasteiger partial charge is 0.348 e. The minimum atomic E-state index is -2.99. The Labute approximate surface area is 363 Å². The van der Waals surface area contributed by atoms with Crippen LogP contribution in [0.1, 0.15) is 50.9 Å². The summed E-state index contributed by atoms with van der Waals surface area (Å²) in [4.78, 5) is 38.5. The van der Waals surface area contributed by atoms with Crippen LogP contribution in [0, 0.1) is 5.92 Å². The van der Waals surface area contributed by atoms with Gasteiger partial charge in [0, 0.05) is 59.2 Å². The summed E-state index contributed by atoms with van der Waals surface area (Å²) in [7, 11) is 1.00. The number of carbonyl (C=O) groups excluding carboxylic acids is 1. The molecule has 1 aliphatic carbocycles. The number of ether oxygens (including phenoxy) is 1. The van der Waals surface area contributed by atoms with Crippen molar-refractivity contribution in [2.24, 2.45) is 30.6 Å². The standard InChI is InChI=1S/C36H50F2N10O5.CH3NO.CH4O.H2INO/c1-24(2)28-18-29(31(51)19-30(28)50)32-44-45-35(52)48(32)26-8-6-25(7-9-26)20-46-14-16-47(17-15-46)34(39-3)43-23-41-22-40-12-4-5-13-42-33-36(37,38)11-10-27(21-49)53-33;2-1-3;1-2;2-1-3/h5-9,13,18,23-24,27,30,33,40,42,49-51H,3-4,10-12,14-17,19-22H2,1-2H3,(H,45,52);1H,(H2,2,3);2H,1H3;(H2,2,3)/b13-5-,41-23-,43-34?;;;. The number of nitrogens with two attached hydrogens (primary N) is 2. The van der Waals surface area contributed by atoms with E-state index >= 15 is 0 Å². The second kappa shape index (κ2) is 28.1. The Kier molecular flexibility index (Phi) is 24.2. The third kappa shape index (κ3) is 16.6. The maximum Gasteiger partial charge on any atom is 0.348 e. The summed E-state index contributed by atoms with van der Waals surface area (Å²) in [5, 5.41) is 49.7. The summed E-state index contributed by atoms with van der Waals surface area (Å²) in [6.07, 6.45) is 4.20. The first kappa shape index (κ1) is 52.5. The first-order valence-corrected chi connectivity index (χ1v) is 21.4. The van der Waals surface area contributed by atoms with Gasteiger partial charge >= 0.3 is 5.69 Å². The van der Waals surface area contributed by atoms with E-state index < -0.39 is 51.5 Å². The molecular formula is C38H59F2IN12O8. The third-order valence-electron chi connectivity index (χ3n) is 9.40. The highest BCUT2D eigenvalue weighted by atomic mass is 127. The Balaban J connectivity index is 0.00000149. The average molecular weight is 977 g/mol. The van der Waals surface area contributed by atoms with Crippen LogP contribution >= 0.6 is 21.5 Å². The van der Waals surface area contributed by atoms with Crippen molar-refractivity contribution in [3.05, 3.63) is 75.8 Å². The number of rotatable bonds is 14. The maximum absolute atomic E-state index is 14.0. The summed E-state index contributed by atoms with van der Waals surface area (Å²) in [6, 6.07) is 7.65. The zero-order valence-corrected chi connectivity index (χ0v) is 36.7. The van der Waals surface area contributed by atoms with Crippen molar-refractivity contribution >= 4 is 52.5 Å². The van der Waals surface area contributed by atoms with Crippen molar-refractivity contribution in [1.82, 2.24) is 35.2 Å². The van der Waals surface area contributed by atoms with Crippen LogP contribution in [0.2, 0.25) is 0 Å². The fourth-order valence-electron chi connectivity index (χ4n) is 6.40. The molecular weight excluding hydrogens is 917 g/mol. The molecule has 0 radical (unpaired) electrons. The molecule has 2 aliphatic heterocycles. The van der Waals surface area contributed by atoms with E-state index in [1.807, 2.05) is 43.0 Å². The molecule has 3 atom stereocenters. The molecule has 2 saturated heterocycles. The number of H-pyrrole nitrogens is 1. The number of piperazine rings is 1. The molecule has 0 spiro atoms. The molecule has 3 aliphatic rings. The van der Waals surface area contributed by atoms with Crippen LogP contribution in [0.5, 0.6) is 0 Å². The molecule has 20 nitrogen and oxygen atoms in total.